The summed E-state index contributed by atoms with van der Waals surface area (Å²) < 4.78 is 8.07. The molecule has 3 aromatic rings. The summed E-state index contributed by atoms with van der Waals surface area (Å²) in [6.45, 7) is 4.20. The molecule has 25 heavy (non-hydrogen) atoms. The Morgan fingerprint density at radius 2 is 2.08 bits per heavy atom. The number of aromatic nitrogens is 2. The maximum absolute atomic E-state index is 12.6. The Morgan fingerprint density at radius 1 is 1.32 bits per heavy atom. The van der Waals surface area contributed by atoms with E-state index in [1.165, 1.54) is 0 Å². The third kappa shape index (κ3) is 3.54. The van der Waals surface area contributed by atoms with E-state index < -0.39 is 6.04 Å². The number of carbonyl (C=O) groups excluding carboxylic acids is 1. The lowest BCUT2D eigenvalue weighted by Gasteiger charge is -2.15. The highest BCUT2D eigenvalue weighted by atomic mass is 79.9. The van der Waals surface area contributed by atoms with Gasteiger partial charge in [-0.3, -0.25) is 9.48 Å². The number of carbonyl (C=O) groups is 1. The van der Waals surface area contributed by atoms with Gasteiger partial charge in [0, 0.05) is 22.0 Å². The SMILES string of the molecule is COc1ccc(Br)cc1CNC(=O)[C@@H](C)n1nc(C)c2ccccc21. The smallest absolute Gasteiger partial charge is 0.244 e. The molecule has 130 valence electrons. The van der Waals surface area contributed by atoms with Crippen molar-refractivity contribution in [3.05, 3.63) is 58.2 Å². The Bertz CT molecular complexity index is 920. The average Bonchev–Trinajstić information content (AvgIpc) is 2.96. The van der Waals surface area contributed by atoms with Crippen LogP contribution in [0.1, 0.15) is 24.2 Å². The number of rotatable bonds is 5. The first-order chi connectivity index (χ1) is 12.0. The fraction of sp³-hybridized carbons (Fsp3) is 0.263. The summed E-state index contributed by atoms with van der Waals surface area (Å²) in [6, 6.07) is 13.3. The van der Waals surface area contributed by atoms with Gasteiger partial charge < -0.3 is 10.1 Å². The number of methoxy groups -OCH3 is 1. The van der Waals surface area contributed by atoms with Crippen LogP contribution in [0.2, 0.25) is 0 Å². The molecule has 1 atom stereocenters. The number of nitrogens with one attached hydrogen (secondary N) is 1. The lowest BCUT2D eigenvalue weighted by molar-refractivity contribution is -0.124. The summed E-state index contributed by atoms with van der Waals surface area (Å²) in [5.41, 5.74) is 2.80. The second-order valence-electron chi connectivity index (χ2n) is 5.90. The topological polar surface area (TPSA) is 56.1 Å². The van der Waals surface area contributed by atoms with Crippen molar-refractivity contribution in [2.45, 2.75) is 26.4 Å². The number of amides is 1. The summed E-state index contributed by atoms with van der Waals surface area (Å²) in [7, 11) is 1.62. The molecule has 1 amide bonds. The standard InChI is InChI=1S/C19H20BrN3O2/c1-12-16-6-4-5-7-17(16)23(22-12)13(2)19(24)21-11-14-10-15(20)8-9-18(14)25-3/h4-10,13H,11H2,1-3H3,(H,21,24)/t13-/m1/s1. The third-order valence-electron chi connectivity index (χ3n) is 4.24. The molecule has 2 aromatic carbocycles. The zero-order chi connectivity index (χ0) is 18.0. The molecule has 6 heteroatoms. The predicted molar refractivity (Wildman–Crippen MR) is 102 cm³/mol. The lowest BCUT2D eigenvalue weighted by Crippen LogP contribution is -2.31. The van der Waals surface area contributed by atoms with Crippen LogP contribution in [0.5, 0.6) is 5.75 Å². The molecule has 0 aliphatic rings. The van der Waals surface area contributed by atoms with Gasteiger partial charge in [-0.1, -0.05) is 34.1 Å². The third-order valence-corrected chi connectivity index (χ3v) is 4.73. The maximum atomic E-state index is 12.6. The zero-order valence-corrected chi connectivity index (χ0v) is 16.0. The minimum atomic E-state index is -0.406. The Hall–Kier alpha value is -2.34. The van der Waals surface area contributed by atoms with Crippen molar-refractivity contribution in [3.8, 4) is 5.75 Å². The van der Waals surface area contributed by atoms with Crippen LogP contribution >= 0.6 is 15.9 Å². The number of ether oxygens (including phenoxy) is 1. The molecule has 1 aromatic heterocycles. The maximum Gasteiger partial charge on any atom is 0.244 e. The number of halogens is 1. The molecule has 0 saturated carbocycles. The van der Waals surface area contributed by atoms with Gasteiger partial charge in [0.15, 0.2) is 0 Å². The second-order valence-corrected chi connectivity index (χ2v) is 6.81. The van der Waals surface area contributed by atoms with Crippen LogP contribution in [-0.2, 0) is 11.3 Å². The highest BCUT2D eigenvalue weighted by Crippen LogP contribution is 2.24. The Kier molecular flexibility index (Phi) is 5.08. The number of fused-ring (bicyclic) bond motifs is 1. The van der Waals surface area contributed by atoms with E-state index in [1.807, 2.05) is 56.3 Å². The van der Waals surface area contributed by atoms with Crippen molar-refractivity contribution < 1.29 is 9.53 Å². The minimum Gasteiger partial charge on any atom is -0.496 e. The number of benzene rings is 2. The number of nitrogens with zero attached hydrogens (tertiary/aromatic N) is 2. The normalized spacial score (nSPS) is 12.2. The van der Waals surface area contributed by atoms with Crippen LogP contribution in [-0.4, -0.2) is 22.8 Å². The summed E-state index contributed by atoms with van der Waals surface area (Å²) in [4.78, 5) is 12.6. The van der Waals surface area contributed by atoms with Gasteiger partial charge in [-0.2, -0.15) is 5.10 Å². The van der Waals surface area contributed by atoms with Crippen LogP contribution in [0.25, 0.3) is 10.9 Å². The monoisotopic (exact) mass is 401 g/mol. The van der Waals surface area contributed by atoms with Gasteiger partial charge in [-0.25, -0.2) is 0 Å². The number of hydrogen-bond acceptors (Lipinski definition) is 3. The highest BCUT2D eigenvalue weighted by Gasteiger charge is 2.19. The van der Waals surface area contributed by atoms with Crippen LogP contribution in [0.3, 0.4) is 0 Å². The fourth-order valence-corrected chi connectivity index (χ4v) is 3.28. The number of para-hydroxylation sites is 1. The Balaban J connectivity index is 1.78. The molecule has 0 bridgehead atoms. The van der Waals surface area contributed by atoms with E-state index in [4.69, 9.17) is 4.74 Å². The Labute approximate surface area is 155 Å². The van der Waals surface area contributed by atoms with E-state index in [0.717, 1.165) is 32.4 Å². The van der Waals surface area contributed by atoms with Gasteiger partial charge >= 0.3 is 0 Å². The number of aryl methyl sites for hydroxylation is 1. The van der Waals surface area contributed by atoms with Crippen molar-refractivity contribution in [2.75, 3.05) is 7.11 Å². The molecule has 0 aliphatic carbocycles. The molecule has 1 heterocycles. The molecule has 0 aliphatic heterocycles. The second kappa shape index (κ2) is 7.27. The van der Waals surface area contributed by atoms with E-state index >= 15 is 0 Å². The van der Waals surface area contributed by atoms with Crippen molar-refractivity contribution in [2.24, 2.45) is 0 Å². The summed E-state index contributed by atoms with van der Waals surface area (Å²) in [5.74, 6) is 0.659. The Morgan fingerprint density at radius 3 is 2.84 bits per heavy atom. The molecule has 0 fully saturated rings. The van der Waals surface area contributed by atoms with Gasteiger partial charge in [0.25, 0.3) is 0 Å². The van der Waals surface area contributed by atoms with Crippen molar-refractivity contribution in [1.82, 2.24) is 15.1 Å². The van der Waals surface area contributed by atoms with Crippen molar-refractivity contribution in [1.29, 1.82) is 0 Å². The molecule has 0 radical (unpaired) electrons. The quantitative estimate of drug-likeness (QED) is 0.702. The molecular weight excluding hydrogens is 382 g/mol. The highest BCUT2D eigenvalue weighted by molar-refractivity contribution is 9.10. The molecule has 3 rings (SSSR count). The first kappa shape index (κ1) is 17.5. The molecular formula is C19H20BrN3O2. The van der Waals surface area contributed by atoms with Crippen molar-refractivity contribution >= 4 is 32.7 Å². The molecule has 0 unspecified atom stereocenters. The van der Waals surface area contributed by atoms with Gasteiger partial charge in [-0.15, -0.1) is 0 Å². The van der Waals surface area contributed by atoms with Gasteiger partial charge in [0.2, 0.25) is 5.91 Å². The lowest BCUT2D eigenvalue weighted by atomic mass is 10.2. The van der Waals surface area contributed by atoms with Crippen molar-refractivity contribution in [3.63, 3.8) is 0 Å². The van der Waals surface area contributed by atoms with Gasteiger partial charge in [0.05, 0.1) is 18.3 Å². The van der Waals surface area contributed by atoms with E-state index in [9.17, 15) is 4.79 Å². The van der Waals surface area contributed by atoms with Crippen LogP contribution in [0.4, 0.5) is 0 Å². The molecule has 5 nitrogen and oxygen atoms in total. The first-order valence-electron chi connectivity index (χ1n) is 8.05. The zero-order valence-electron chi connectivity index (χ0n) is 14.4. The average molecular weight is 402 g/mol. The van der Waals surface area contributed by atoms with Crippen LogP contribution in [0.15, 0.2) is 46.9 Å². The minimum absolute atomic E-state index is 0.0877. The summed E-state index contributed by atoms with van der Waals surface area (Å²) >= 11 is 3.45. The molecule has 0 saturated heterocycles. The van der Waals surface area contributed by atoms with Crippen LogP contribution < -0.4 is 10.1 Å². The van der Waals surface area contributed by atoms with E-state index in [-0.39, 0.29) is 5.91 Å². The van der Waals surface area contributed by atoms with Crippen LogP contribution in [0, 0.1) is 6.92 Å². The van der Waals surface area contributed by atoms with Gasteiger partial charge in [-0.05, 0) is 38.1 Å². The first-order valence-corrected chi connectivity index (χ1v) is 8.84. The molecule has 0 spiro atoms. The summed E-state index contributed by atoms with van der Waals surface area (Å²) in [5, 5.41) is 8.58. The van der Waals surface area contributed by atoms with E-state index in [1.54, 1.807) is 11.8 Å². The fourth-order valence-electron chi connectivity index (χ4n) is 2.87. The van der Waals surface area contributed by atoms with Gasteiger partial charge in [0.1, 0.15) is 11.8 Å². The largest absolute Gasteiger partial charge is 0.496 e. The summed E-state index contributed by atoms with van der Waals surface area (Å²) in [6.07, 6.45) is 0. The molecule has 1 N–H and O–H groups in total. The van der Waals surface area contributed by atoms with E-state index in [0.29, 0.717) is 6.54 Å². The number of hydrogen-bond donors (Lipinski definition) is 1. The van der Waals surface area contributed by atoms with E-state index in [2.05, 4.69) is 26.3 Å². The predicted octanol–water partition coefficient (Wildman–Crippen LogP) is 3.99.